The number of benzene rings is 3. The number of hydrogen-bond acceptors (Lipinski definition) is 0. The van der Waals surface area contributed by atoms with Crippen molar-refractivity contribution >= 4 is 23.6 Å². The molecule has 0 aliphatic rings. The lowest BCUT2D eigenvalue weighted by atomic mass is 10.0. The standard InChI is InChI=1S/C26H23N/c1-4-5-9-25-20(3)24-8-6-7-10-26(24)27(25)23-17-15-22(16-18-23)21-13-11-19(2)12-14-21/h4-18H,3H2,1-2H3/b5-4-,25-9+. The van der Waals surface area contributed by atoms with E-state index in [1.165, 1.54) is 27.6 Å². The Kier molecular flexibility index (Phi) is 4.52. The van der Waals surface area contributed by atoms with E-state index in [-0.39, 0.29) is 0 Å². The maximum Gasteiger partial charge on any atom is 0.0540 e. The van der Waals surface area contributed by atoms with Crippen LogP contribution in [0, 0.1) is 6.92 Å². The van der Waals surface area contributed by atoms with Gasteiger partial charge in [0.1, 0.15) is 0 Å². The molecule has 4 aromatic rings. The Morgan fingerprint density at radius 3 is 2.11 bits per heavy atom. The molecule has 0 spiro atoms. The SMILES string of the molecule is C=c1/c(=C\C=C/C)n(-c2ccc(-c3ccc(C)cc3)cc2)c2ccccc12. The molecule has 0 unspecified atom stereocenters. The molecule has 1 heterocycles. The van der Waals surface area contributed by atoms with Crippen molar-refractivity contribution in [1.82, 2.24) is 4.57 Å². The Morgan fingerprint density at radius 2 is 1.44 bits per heavy atom. The Hall–Kier alpha value is -3.32. The first-order chi connectivity index (χ1) is 13.2. The van der Waals surface area contributed by atoms with Gasteiger partial charge in [-0.2, -0.15) is 0 Å². The lowest BCUT2D eigenvalue weighted by Gasteiger charge is -2.09. The summed E-state index contributed by atoms with van der Waals surface area (Å²) in [5.74, 6) is 0. The van der Waals surface area contributed by atoms with Gasteiger partial charge in [0, 0.05) is 16.3 Å². The molecular formula is C26H23N. The van der Waals surface area contributed by atoms with Crippen molar-refractivity contribution in [3.05, 3.63) is 101 Å². The molecular weight excluding hydrogens is 326 g/mol. The summed E-state index contributed by atoms with van der Waals surface area (Å²) >= 11 is 0. The van der Waals surface area contributed by atoms with Gasteiger partial charge in [0.2, 0.25) is 0 Å². The Morgan fingerprint density at radius 1 is 0.815 bits per heavy atom. The minimum atomic E-state index is 1.06. The molecule has 0 aliphatic carbocycles. The summed E-state index contributed by atoms with van der Waals surface area (Å²) in [4.78, 5) is 0. The molecule has 0 bridgehead atoms. The van der Waals surface area contributed by atoms with Crippen LogP contribution >= 0.6 is 0 Å². The molecule has 27 heavy (non-hydrogen) atoms. The highest BCUT2D eigenvalue weighted by atomic mass is 15.0. The monoisotopic (exact) mass is 349 g/mol. The van der Waals surface area contributed by atoms with Gasteiger partial charge in [-0.3, -0.25) is 0 Å². The molecule has 1 nitrogen and oxygen atoms in total. The fourth-order valence-corrected chi connectivity index (χ4v) is 3.52. The fourth-order valence-electron chi connectivity index (χ4n) is 3.52. The number of aromatic nitrogens is 1. The van der Waals surface area contributed by atoms with Crippen molar-refractivity contribution < 1.29 is 0 Å². The zero-order chi connectivity index (χ0) is 18.8. The average molecular weight is 349 g/mol. The van der Waals surface area contributed by atoms with Crippen molar-refractivity contribution in [2.75, 3.05) is 0 Å². The summed E-state index contributed by atoms with van der Waals surface area (Å²) in [5.41, 5.74) is 6.07. The molecule has 1 heteroatoms. The summed E-state index contributed by atoms with van der Waals surface area (Å²) in [6.07, 6.45) is 6.25. The third kappa shape index (κ3) is 3.13. The zero-order valence-corrected chi connectivity index (χ0v) is 15.8. The molecule has 0 fully saturated rings. The summed E-state index contributed by atoms with van der Waals surface area (Å²) in [7, 11) is 0. The molecule has 0 amide bonds. The predicted octanol–water partition coefficient (Wildman–Crippen LogP) is 5.37. The molecule has 0 atom stereocenters. The van der Waals surface area contributed by atoms with Gasteiger partial charge in [-0.25, -0.2) is 0 Å². The number of hydrogen-bond donors (Lipinski definition) is 0. The van der Waals surface area contributed by atoms with Crippen LogP contribution in [-0.2, 0) is 0 Å². The molecule has 0 radical (unpaired) electrons. The number of rotatable bonds is 3. The number of fused-ring (bicyclic) bond motifs is 1. The first kappa shape index (κ1) is 17.1. The van der Waals surface area contributed by atoms with Gasteiger partial charge in [0.15, 0.2) is 0 Å². The van der Waals surface area contributed by atoms with Gasteiger partial charge < -0.3 is 4.57 Å². The maximum atomic E-state index is 4.34. The van der Waals surface area contributed by atoms with Crippen molar-refractivity contribution in [3.63, 3.8) is 0 Å². The summed E-state index contributed by atoms with van der Waals surface area (Å²) in [6.45, 7) is 8.48. The summed E-state index contributed by atoms with van der Waals surface area (Å²) < 4.78 is 2.29. The van der Waals surface area contributed by atoms with Gasteiger partial charge in [-0.1, -0.05) is 78.9 Å². The molecule has 4 rings (SSSR count). The normalized spacial score (nSPS) is 12.3. The van der Waals surface area contributed by atoms with Crippen LogP contribution in [0.1, 0.15) is 12.5 Å². The Bertz CT molecular complexity index is 1220. The van der Waals surface area contributed by atoms with Crippen molar-refractivity contribution in [3.8, 4) is 16.8 Å². The average Bonchev–Trinajstić information content (AvgIpc) is 2.99. The minimum Gasteiger partial charge on any atom is -0.309 e. The highest BCUT2D eigenvalue weighted by molar-refractivity contribution is 5.83. The van der Waals surface area contributed by atoms with Crippen LogP contribution in [-0.4, -0.2) is 4.57 Å². The largest absolute Gasteiger partial charge is 0.309 e. The van der Waals surface area contributed by atoms with Crippen LogP contribution in [0.5, 0.6) is 0 Å². The molecule has 1 aromatic heterocycles. The molecule has 132 valence electrons. The van der Waals surface area contributed by atoms with E-state index >= 15 is 0 Å². The molecule has 0 saturated heterocycles. The van der Waals surface area contributed by atoms with E-state index in [0.717, 1.165) is 16.3 Å². The quantitative estimate of drug-likeness (QED) is 0.468. The van der Waals surface area contributed by atoms with Gasteiger partial charge in [0.05, 0.1) is 10.9 Å². The van der Waals surface area contributed by atoms with Crippen LogP contribution in [0.3, 0.4) is 0 Å². The van der Waals surface area contributed by atoms with Crippen molar-refractivity contribution in [1.29, 1.82) is 0 Å². The van der Waals surface area contributed by atoms with E-state index in [4.69, 9.17) is 0 Å². The van der Waals surface area contributed by atoms with Gasteiger partial charge >= 0.3 is 0 Å². The van der Waals surface area contributed by atoms with Crippen molar-refractivity contribution in [2.45, 2.75) is 13.8 Å². The van der Waals surface area contributed by atoms with Crippen LogP contribution in [0.2, 0.25) is 0 Å². The van der Waals surface area contributed by atoms with E-state index in [9.17, 15) is 0 Å². The van der Waals surface area contributed by atoms with Crippen LogP contribution in [0.15, 0.2) is 84.9 Å². The van der Waals surface area contributed by atoms with E-state index in [0.29, 0.717) is 0 Å². The second kappa shape index (κ2) is 7.13. The third-order valence-electron chi connectivity index (χ3n) is 4.98. The molecule has 3 aromatic carbocycles. The second-order valence-electron chi connectivity index (χ2n) is 6.82. The van der Waals surface area contributed by atoms with Crippen LogP contribution < -0.4 is 10.6 Å². The predicted molar refractivity (Wildman–Crippen MR) is 117 cm³/mol. The fraction of sp³-hybridized carbons (Fsp3) is 0.0769. The van der Waals surface area contributed by atoms with E-state index < -0.39 is 0 Å². The van der Waals surface area contributed by atoms with E-state index in [1.54, 1.807) is 0 Å². The Balaban J connectivity index is 1.90. The number of nitrogens with zero attached hydrogens (tertiary/aromatic N) is 1. The molecule has 0 aliphatic heterocycles. The lowest BCUT2D eigenvalue weighted by Crippen LogP contribution is -2.26. The second-order valence-corrected chi connectivity index (χ2v) is 6.82. The summed E-state index contributed by atoms with van der Waals surface area (Å²) in [5, 5.41) is 3.37. The third-order valence-corrected chi connectivity index (χ3v) is 4.98. The number of allylic oxidation sites excluding steroid dienone is 2. The maximum absolute atomic E-state index is 4.34. The highest BCUT2D eigenvalue weighted by Crippen LogP contribution is 2.22. The highest BCUT2D eigenvalue weighted by Gasteiger charge is 2.08. The van der Waals surface area contributed by atoms with Crippen LogP contribution in [0.25, 0.3) is 40.4 Å². The minimum absolute atomic E-state index is 1.06. The first-order valence-corrected chi connectivity index (χ1v) is 9.28. The number of para-hydroxylation sites is 1. The lowest BCUT2D eigenvalue weighted by molar-refractivity contribution is 1.07. The van der Waals surface area contributed by atoms with Crippen molar-refractivity contribution in [2.24, 2.45) is 0 Å². The van der Waals surface area contributed by atoms with E-state index in [1.807, 2.05) is 13.0 Å². The smallest absolute Gasteiger partial charge is 0.0540 e. The van der Waals surface area contributed by atoms with Gasteiger partial charge in [0.25, 0.3) is 0 Å². The zero-order valence-electron chi connectivity index (χ0n) is 15.8. The van der Waals surface area contributed by atoms with Crippen LogP contribution in [0.4, 0.5) is 0 Å². The molecule has 0 N–H and O–H groups in total. The van der Waals surface area contributed by atoms with Gasteiger partial charge in [-0.15, -0.1) is 0 Å². The van der Waals surface area contributed by atoms with Gasteiger partial charge in [-0.05, 0) is 49.2 Å². The first-order valence-electron chi connectivity index (χ1n) is 9.28. The van der Waals surface area contributed by atoms with E-state index in [2.05, 4.69) is 103 Å². The molecule has 0 saturated carbocycles. The Labute approximate surface area is 160 Å². The summed E-state index contributed by atoms with van der Waals surface area (Å²) in [6, 6.07) is 25.9. The topological polar surface area (TPSA) is 4.93 Å². The number of aryl methyl sites for hydroxylation is 1.